The first-order valence-electron chi connectivity index (χ1n) is 11.2. The molecule has 3 rings (SSSR count). The lowest BCUT2D eigenvalue weighted by Gasteiger charge is -2.31. The van der Waals surface area contributed by atoms with E-state index in [9.17, 15) is 9.59 Å². The molecule has 2 amide bonds. The molecular formula is C23H36N4O2. The molecule has 1 saturated carbocycles. The first-order valence-corrected chi connectivity index (χ1v) is 11.2. The van der Waals surface area contributed by atoms with Crippen LogP contribution < -0.4 is 16.0 Å². The van der Waals surface area contributed by atoms with Gasteiger partial charge in [0.05, 0.1) is 11.4 Å². The maximum Gasteiger partial charge on any atom is 0.251 e. The largest absolute Gasteiger partial charge is 0.372 e. The van der Waals surface area contributed by atoms with Crippen molar-refractivity contribution < 1.29 is 9.59 Å². The second-order valence-electron chi connectivity index (χ2n) is 8.64. The van der Waals surface area contributed by atoms with Crippen LogP contribution in [-0.2, 0) is 4.79 Å². The van der Waals surface area contributed by atoms with Crippen LogP contribution >= 0.6 is 0 Å². The zero-order chi connectivity index (χ0) is 20.8. The number of anilines is 2. The van der Waals surface area contributed by atoms with E-state index in [2.05, 4.69) is 41.7 Å². The van der Waals surface area contributed by atoms with Crippen LogP contribution in [0.5, 0.6) is 0 Å². The third-order valence-corrected chi connectivity index (χ3v) is 6.52. The van der Waals surface area contributed by atoms with Crippen LogP contribution in [0.3, 0.4) is 0 Å². The quantitative estimate of drug-likeness (QED) is 0.580. The van der Waals surface area contributed by atoms with E-state index >= 15 is 0 Å². The van der Waals surface area contributed by atoms with Gasteiger partial charge >= 0.3 is 0 Å². The number of carbonyl (C=O) groups excluding carboxylic acids is 2. The highest BCUT2D eigenvalue weighted by atomic mass is 16.2. The van der Waals surface area contributed by atoms with Crippen molar-refractivity contribution in [2.45, 2.75) is 70.9 Å². The lowest BCUT2D eigenvalue weighted by atomic mass is 9.94. The fraction of sp³-hybridized carbons (Fsp3) is 0.652. The number of fused-ring (bicyclic) bond motifs is 1. The molecule has 29 heavy (non-hydrogen) atoms. The zero-order valence-electron chi connectivity index (χ0n) is 18.1. The van der Waals surface area contributed by atoms with Gasteiger partial charge in [0.15, 0.2) is 0 Å². The number of benzene rings is 1. The number of hydrogen-bond acceptors (Lipinski definition) is 4. The molecule has 1 heterocycles. The Morgan fingerprint density at radius 3 is 2.72 bits per heavy atom. The first kappa shape index (κ1) is 21.6. The zero-order valence-corrected chi connectivity index (χ0v) is 18.1. The molecule has 6 heteroatoms. The fourth-order valence-corrected chi connectivity index (χ4v) is 4.33. The van der Waals surface area contributed by atoms with E-state index < -0.39 is 0 Å². The van der Waals surface area contributed by atoms with Crippen molar-refractivity contribution in [1.29, 1.82) is 0 Å². The van der Waals surface area contributed by atoms with Gasteiger partial charge in [-0.05, 0) is 57.0 Å². The fourth-order valence-electron chi connectivity index (χ4n) is 4.33. The molecule has 1 aliphatic heterocycles. The minimum atomic E-state index is -0.228. The summed E-state index contributed by atoms with van der Waals surface area (Å²) >= 11 is 0. The van der Waals surface area contributed by atoms with Crippen LogP contribution in [0.4, 0.5) is 11.4 Å². The topological polar surface area (TPSA) is 73.5 Å². The molecule has 160 valence electrons. The Bertz CT molecular complexity index is 715. The van der Waals surface area contributed by atoms with Crippen LogP contribution in [0.25, 0.3) is 0 Å². The third-order valence-electron chi connectivity index (χ3n) is 6.52. The maximum absolute atomic E-state index is 12.5. The first-order chi connectivity index (χ1) is 14.0. The predicted octanol–water partition coefficient (Wildman–Crippen LogP) is 3.85. The van der Waals surface area contributed by atoms with Crippen molar-refractivity contribution in [1.82, 2.24) is 10.2 Å². The molecule has 6 nitrogen and oxygen atoms in total. The summed E-state index contributed by atoms with van der Waals surface area (Å²) in [5, 5.41) is 9.27. The second kappa shape index (κ2) is 10.1. The van der Waals surface area contributed by atoms with Gasteiger partial charge in [-0.1, -0.05) is 39.5 Å². The van der Waals surface area contributed by atoms with E-state index in [0.717, 1.165) is 25.1 Å². The van der Waals surface area contributed by atoms with Crippen molar-refractivity contribution in [2.75, 3.05) is 30.8 Å². The van der Waals surface area contributed by atoms with E-state index in [0.29, 0.717) is 23.8 Å². The summed E-state index contributed by atoms with van der Waals surface area (Å²) in [7, 11) is 2.20. The summed E-state index contributed by atoms with van der Waals surface area (Å²) in [6, 6.07) is 5.94. The molecule has 1 aromatic carbocycles. The molecule has 3 N–H and O–H groups in total. The van der Waals surface area contributed by atoms with Gasteiger partial charge in [0.25, 0.3) is 5.91 Å². The van der Waals surface area contributed by atoms with Gasteiger partial charge in [0.2, 0.25) is 5.91 Å². The summed E-state index contributed by atoms with van der Waals surface area (Å²) in [4.78, 5) is 27.3. The Balaban J connectivity index is 1.48. The molecule has 1 aromatic rings. The molecule has 1 aliphatic carbocycles. The average molecular weight is 401 g/mol. The summed E-state index contributed by atoms with van der Waals surface area (Å²) in [6.45, 7) is 5.81. The average Bonchev–Trinajstić information content (AvgIpc) is 2.75. The van der Waals surface area contributed by atoms with Gasteiger partial charge in [-0.25, -0.2) is 0 Å². The van der Waals surface area contributed by atoms with Gasteiger partial charge in [-0.3, -0.25) is 9.59 Å². The summed E-state index contributed by atoms with van der Waals surface area (Å²) in [5.74, 6) is 0.124. The molecule has 0 aromatic heterocycles. The molecular weight excluding hydrogens is 364 g/mol. The van der Waals surface area contributed by atoms with Crippen LogP contribution in [0.2, 0.25) is 0 Å². The Kier molecular flexibility index (Phi) is 7.53. The number of nitrogens with one attached hydrogen (secondary N) is 3. The highest BCUT2D eigenvalue weighted by Crippen LogP contribution is 2.30. The van der Waals surface area contributed by atoms with E-state index in [4.69, 9.17) is 0 Å². The van der Waals surface area contributed by atoms with Gasteiger partial charge in [0.1, 0.15) is 6.04 Å². The normalized spacial score (nSPS) is 20.6. The van der Waals surface area contributed by atoms with E-state index in [1.807, 2.05) is 12.1 Å². The van der Waals surface area contributed by atoms with Crippen molar-refractivity contribution in [3.63, 3.8) is 0 Å². The summed E-state index contributed by atoms with van der Waals surface area (Å²) in [5.41, 5.74) is 2.13. The lowest BCUT2D eigenvalue weighted by molar-refractivity contribution is -0.118. The lowest BCUT2D eigenvalue weighted by Crippen LogP contribution is -2.43. The minimum absolute atomic E-state index is 0.0323. The van der Waals surface area contributed by atoms with Gasteiger partial charge < -0.3 is 20.9 Å². The van der Waals surface area contributed by atoms with Crippen LogP contribution in [0.15, 0.2) is 18.2 Å². The van der Waals surface area contributed by atoms with Gasteiger partial charge in [0, 0.05) is 18.2 Å². The highest BCUT2D eigenvalue weighted by Gasteiger charge is 2.29. The molecule has 2 aliphatic rings. The number of hydrogen-bond donors (Lipinski definition) is 3. The van der Waals surface area contributed by atoms with Crippen LogP contribution in [0.1, 0.15) is 69.2 Å². The van der Waals surface area contributed by atoms with Crippen LogP contribution in [-0.4, -0.2) is 48.9 Å². The summed E-state index contributed by atoms with van der Waals surface area (Å²) < 4.78 is 0. The predicted molar refractivity (Wildman–Crippen MR) is 118 cm³/mol. The van der Waals surface area contributed by atoms with Crippen molar-refractivity contribution in [3.8, 4) is 0 Å². The number of carbonyl (C=O) groups is 2. The molecule has 2 unspecified atom stereocenters. The number of nitrogens with zero attached hydrogens (tertiary/aromatic N) is 1. The molecule has 0 spiro atoms. The third kappa shape index (κ3) is 5.50. The standard InChI is InChI=1S/C23H36N4O2/c1-4-16(2)21-23(29)26-20-15-17(11-12-19(20)25-21)22(28)24-13-8-14-27(3)18-9-6-5-7-10-18/h11-12,15-16,18,21,25H,4-10,13-14H2,1-3H3,(H,24,28)(H,26,29). The molecule has 0 bridgehead atoms. The second-order valence-corrected chi connectivity index (χ2v) is 8.64. The van der Waals surface area contributed by atoms with Crippen molar-refractivity contribution in [2.24, 2.45) is 5.92 Å². The Hall–Kier alpha value is -2.08. The number of rotatable bonds is 8. The Morgan fingerprint density at radius 2 is 2.00 bits per heavy atom. The van der Waals surface area contributed by atoms with E-state index in [-0.39, 0.29) is 23.8 Å². The SMILES string of the molecule is CCC(C)C1Nc2ccc(C(=O)NCCCN(C)C3CCCCC3)cc2NC1=O. The van der Waals surface area contributed by atoms with Crippen molar-refractivity contribution >= 4 is 23.2 Å². The minimum Gasteiger partial charge on any atom is -0.372 e. The van der Waals surface area contributed by atoms with Crippen molar-refractivity contribution in [3.05, 3.63) is 23.8 Å². The van der Waals surface area contributed by atoms with E-state index in [1.165, 1.54) is 32.1 Å². The Morgan fingerprint density at radius 1 is 1.24 bits per heavy atom. The smallest absolute Gasteiger partial charge is 0.251 e. The summed E-state index contributed by atoms with van der Waals surface area (Å²) in [6.07, 6.45) is 8.53. The molecule has 0 saturated heterocycles. The molecule has 1 fully saturated rings. The Labute approximate surface area is 174 Å². The molecule has 2 atom stereocenters. The monoisotopic (exact) mass is 400 g/mol. The van der Waals surface area contributed by atoms with Gasteiger partial charge in [-0.2, -0.15) is 0 Å². The van der Waals surface area contributed by atoms with Gasteiger partial charge in [-0.15, -0.1) is 0 Å². The maximum atomic E-state index is 12.5. The highest BCUT2D eigenvalue weighted by molar-refractivity contribution is 6.05. The number of amides is 2. The molecule has 0 radical (unpaired) electrons. The van der Waals surface area contributed by atoms with Crippen LogP contribution in [0, 0.1) is 5.92 Å². The van der Waals surface area contributed by atoms with E-state index in [1.54, 1.807) is 6.07 Å².